The van der Waals surface area contributed by atoms with Gasteiger partial charge in [0, 0.05) is 32.2 Å². The first-order valence-electron chi connectivity index (χ1n) is 8.72. The Balaban J connectivity index is 1.61. The Morgan fingerprint density at radius 1 is 1.04 bits per heavy atom. The summed E-state index contributed by atoms with van der Waals surface area (Å²) in [6.07, 6.45) is 1.09. The molecule has 0 saturated carbocycles. The molecule has 1 aromatic carbocycles. The van der Waals surface area contributed by atoms with Gasteiger partial charge >= 0.3 is 0 Å². The van der Waals surface area contributed by atoms with E-state index in [1.54, 1.807) is 4.90 Å². The molecule has 1 fully saturated rings. The number of benzene rings is 1. The quantitative estimate of drug-likeness (QED) is 0.891. The van der Waals surface area contributed by atoms with Crippen molar-refractivity contribution in [3.8, 4) is 0 Å². The largest absolute Gasteiger partial charge is 0.341 e. The molecule has 0 bridgehead atoms. The Bertz CT molecular complexity index is 841. The van der Waals surface area contributed by atoms with Crippen molar-refractivity contribution in [2.75, 3.05) is 26.2 Å². The topological polar surface area (TPSA) is 86.4 Å². The van der Waals surface area contributed by atoms with Crippen LogP contribution in [0.1, 0.15) is 28.0 Å². The van der Waals surface area contributed by atoms with Gasteiger partial charge < -0.3 is 9.80 Å². The molecule has 1 saturated heterocycles. The second kappa shape index (κ2) is 7.95. The molecule has 0 spiro atoms. The molecule has 7 nitrogen and oxygen atoms in total. The maximum atomic E-state index is 12.6. The Kier molecular flexibility index (Phi) is 5.46. The van der Waals surface area contributed by atoms with E-state index < -0.39 is 0 Å². The number of aromatic amines is 1. The average Bonchev–Trinajstić information content (AvgIpc) is 2.90. The molecule has 0 radical (unpaired) electrons. The third kappa shape index (κ3) is 4.17. The number of nitrogens with zero attached hydrogens (tertiary/aromatic N) is 3. The van der Waals surface area contributed by atoms with Crippen molar-refractivity contribution in [3.05, 3.63) is 63.6 Å². The number of nitrogens with one attached hydrogen (secondary N) is 1. The van der Waals surface area contributed by atoms with Crippen LogP contribution in [0.25, 0.3) is 0 Å². The van der Waals surface area contributed by atoms with Crippen molar-refractivity contribution in [1.29, 1.82) is 0 Å². The maximum Gasteiger partial charge on any atom is 0.274 e. The zero-order valence-electron chi connectivity index (χ0n) is 14.8. The van der Waals surface area contributed by atoms with Gasteiger partial charge in [-0.2, -0.15) is 5.10 Å². The van der Waals surface area contributed by atoms with Gasteiger partial charge in [-0.3, -0.25) is 14.4 Å². The number of aromatic nitrogens is 2. The van der Waals surface area contributed by atoms with Gasteiger partial charge in [0.2, 0.25) is 5.91 Å². The van der Waals surface area contributed by atoms with Crippen molar-refractivity contribution in [2.45, 2.75) is 19.8 Å². The van der Waals surface area contributed by atoms with Crippen molar-refractivity contribution in [2.24, 2.45) is 0 Å². The molecule has 0 unspecified atom stereocenters. The SMILES string of the molecule is Cc1ccccc1CC(=O)N1CCCN(C(=O)c2ccc(=O)[nH]n2)CC1. The summed E-state index contributed by atoms with van der Waals surface area (Å²) in [7, 11) is 0. The molecule has 3 rings (SSSR count). The molecule has 2 aromatic rings. The maximum absolute atomic E-state index is 12.6. The highest BCUT2D eigenvalue weighted by atomic mass is 16.2. The minimum Gasteiger partial charge on any atom is -0.341 e. The fourth-order valence-electron chi connectivity index (χ4n) is 3.08. The Labute approximate surface area is 151 Å². The Morgan fingerprint density at radius 2 is 1.77 bits per heavy atom. The summed E-state index contributed by atoms with van der Waals surface area (Å²) in [4.78, 5) is 39.7. The van der Waals surface area contributed by atoms with Crippen LogP contribution >= 0.6 is 0 Å². The third-order valence-corrected chi connectivity index (χ3v) is 4.64. The van der Waals surface area contributed by atoms with Crippen LogP contribution in [0.4, 0.5) is 0 Å². The summed E-state index contributed by atoms with van der Waals surface area (Å²) in [5, 5.41) is 6.07. The van der Waals surface area contributed by atoms with Crippen molar-refractivity contribution >= 4 is 11.8 Å². The van der Waals surface area contributed by atoms with Crippen LogP contribution in [0.15, 0.2) is 41.2 Å². The summed E-state index contributed by atoms with van der Waals surface area (Å²) in [5.74, 6) is -0.148. The molecular formula is C19H22N4O3. The monoisotopic (exact) mass is 354 g/mol. The standard InChI is InChI=1S/C19H22N4O3/c1-14-5-2-3-6-15(14)13-18(25)22-9-4-10-23(12-11-22)19(26)16-7-8-17(24)21-20-16/h2-3,5-8H,4,9-13H2,1H3,(H,21,24). The van der Waals surface area contributed by atoms with Gasteiger partial charge in [0.25, 0.3) is 11.5 Å². The van der Waals surface area contributed by atoms with Crippen LogP contribution in [0.5, 0.6) is 0 Å². The Morgan fingerprint density at radius 3 is 2.50 bits per heavy atom. The van der Waals surface area contributed by atoms with E-state index >= 15 is 0 Å². The lowest BCUT2D eigenvalue weighted by atomic mass is 10.1. The number of rotatable bonds is 3. The van der Waals surface area contributed by atoms with Gasteiger partial charge in [0.15, 0.2) is 0 Å². The summed E-state index contributed by atoms with van der Waals surface area (Å²) in [6, 6.07) is 10.6. The third-order valence-electron chi connectivity index (χ3n) is 4.64. The lowest BCUT2D eigenvalue weighted by Gasteiger charge is -2.22. The van der Waals surface area contributed by atoms with Gasteiger partial charge in [-0.05, 0) is 30.5 Å². The first kappa shape index (κ1) is 17.8. The molecule has 0 atom stereocenters. The molecular weight excluding hydrogens is 332 g/mol. The van der Waals surface area contributed by atoms with Gasteiger partial charge in [0.05, 0.1) is 6.42 Å². The van der Waals surface area contributed by atoms with E-state index in [9.17, 15) is 14.4 Å². The number of hydrogen-bond acceptors (Lipinski definition) is 4. The Hall–Kier alpha value is -2.96. The highest BCUT2D eigenvalue weighted by Crippen LogP contribution is 2.12. The normalized spacial score (nSPS) is 14.8. The van der Waals surface area contributed by atoms with Gasteiger partial charge in [-0.15, -0.1) is 0 Å². The van der Waals surface area contributed by atoms with Crippen LogP contribution in [0.3, 0.4) is 0 Å². The fraction of sp³-hybridized carbons (Fsp3) is 0.368. The molecule has 26 heavy (non-hydrogen) atoms. The number of hydrogen-bond donors (Lipinski definition) is 1. The molecule has 0 aliphatic carbocycles. The molecule has 1 aliphatic rings. The van der Waals surface area contributed by atoms with Gasteiger partial charge in [-0.25, -0.2) is 5.10 Å². The van der Waals surface area contributed by atoms with Crippen molar-refractivity contribution in [3.63, 3.8) is 0 Å². The first-order chi connectivity index (χ1) is 12.5. The second-order valence-corrected chi connectivity index (χ2v) is 6.44. The summed E-state index contributed by atoms with van der Waals surface area (Å²) < 4.78 is 0. The molecule has 136 valence electrons. The van der Waals surface area contributed by atoms with Crippen LogP contribution in [-0.2, 0) is 11.2 Å². The van der Waals surface area contributed by atoms with Crippen LogP contribution in [-0.4, -0.2) is 58.0 Å². The van der Waals surface area contributed by atoms with Gasteiger partial charge in [-0.1, -0.05) is 24.3 Å². The molecule has 7 heteroatoms. The molecule has 2 amide bonds. The van der Waals surface area contributed by atoms with Crippen LogP contribution in [0, 0.1) is 6.92 Å². The number of carbonyl (C=O) groups is 2. The average molecular weight is 354 g/mol. The molecule has 1 aromatic heterocycles. The van der Waals surface area contributed by atoms with Crippen LogP contribution in [0.2, 0.25) is 0 Å². The predicted octanol–water partition coefficient (Wildman–Crippen LogP) is 0.996. The number of aryl methyl sites for hydroxylation is 1. The smallest absolute Gasteiger partial charge is 0.274 e. The first-order valence-corrected chi connectivity index (χ1v) is 8.72. The lowest BCUT2D eigenvalue weighted by molar-refractivity contribution is -0.130. The predicted molar refractivity (Wildman–Crippen MR) is 96.8 cm³/mol. The fourth-order valence-corrected chi connectivity index (χ4v) is 3.08. The van der Waals surface area contributed by atoms with E-state index in [4.69, 9.17) is 0 Å². The van der Waals surface area contributed by atoms with E-state index in [2.05, 4.69) is 10.2 Å². The number of H-pyrrole nitrogens is 1. The van der Waals surface area contributed by atoms with E-state index in [1.807, 2.05) is 36.1 Å². The molecule has 2 heterocycles. The van der Waals surface area contributed by atoms with Gasteiger partial charge in [0.1, 0.15) is 5.69 Å². The second-order valence-electron chi connectivity index (χ2n) is 6.44. The van der Waals surface area contributed by atoms with E-state index in [0.717, 1.165) is 11.1 Å². The highest BCUT2D eigenvalue weighted by Gasteiger charge is 2.23. The number of carbonyl (C=O) groups excluding carboxylic acids is 2. The minimum absolute atomic E-state index is 0.0794. The zero-order valence-corrected chi connectivity index (χ0v) is 14.8. The van der Waals surface area contributed by atoms with Crippen LogP contribution < -0.4 is 5.56 Å². The number of amides is 2. The summed E-state index contributed by atoms with van der Waals surface area (Å²) in [5.41, 5.74) is 2.01. The van der Waals surface area contributed by atoms with Crippen molar-refractivity contribution in [1.82, 2.24) is 20.0 Å². The molecule has 1 N–H and O–H groups in total. The van der Waals surface area contributed by atoms with E-state index in [1.165, 1.54) is 12.1 Å². The molecule has 1 aliphatic heterocycles. The zero-order chi connectivity index (χ0) is 18.5. The summed E-state index contributed by atoms with van der Waals surface area (Å²) >= 11 is 0. The lowest BCUT2D eigenvalue weighted by Crippen LogP contribution is -2.38. The van der Waals surface area contributed by atoms with E-state index in [-0.39, 0.29) is 23.1 Å². The minimum atomic E-state index is -0.342. The summed E-state index contributed by atoms with van der Waals surface area (Å²) in [6.45, 7) is 4.16. The highest BCUT2D eigenvalue weighted by molar-refractivity contribution is 5.92. The van der Waals surface area contributed by atoms with E-state index in [0.29, 0.717) is 39.0 Å². The van der Waals surface area contributed by atoms with Crippen molar-refractivity contribution < 1.29 is 9.59 Å².